The molecule has 28 heavy (non-hydrogen) atoms. The third-order valence-corrected chi connectivity index (χ3v) is 5.94. The molecule has 0 radical (unpaired) electrons. The molecule has 0 aliphatic carbocycles. The van der Waals surface area contributed by atoms with E-state index in [4.69, 9.17) is 4.74 Å². The monoisotopic (exact) mass is 378 g/mol. The van der Waals surface area contributed by atoms with Crippen molar-refractivity contribution in [3.05, 3.63) is 65.7 Å². The second-order valence-electron chi connectivity index (χ2n) is 8.68. The molecule has 1 N–H and O–H groups in total. The topological polar surface area (TPSA) is 41.6 Å². The summed E-state index contributed by atoms with van der Waals surface area (Å²) in [6.45, 7) is 6.58. The van der Waals surface area contributed by atoms with Crippen molar-refractivity contribution in [2.24, 2.45) is 0 Å². The normalized spacial score (nSPS) is 22.1. The maximum atomic E-state index is 12.8. The van der Waals surface area contributed by atoms with E-state index >= 15 is 0 Å². The van der Waals surface area contributed by atoms with Gasteiger partial charge in [0.1, 0.15) is 11.4 Å². The lowest BCUT2D eigenvalue weighted by Gasteiger charge is -2.38. The molecule has 148 valence electrons. The number of likely N-dealkylation sites (tertiary alicyclic amines) is 1. The Morgan fingerprint density at radius 2 is 1.75 bits per heavy atom. The Labute approximate surface area is 167 Å². The van der Waals surface area contributed by atoms with Gasteiger partial charge in [-0.1, -0.05) is 48.5 Å². The van der Waals surface area contributed by atoms with Gasteiger partial charge in [-0.2, -0.15) is 0 Å². The quantitative estimate of drug-likeness (QED) is 0.863. The van der Waals surface area contributed by atoms with Crippen molar-refractivity contribution in [2.45, 2.75) is 50.7 Å². The first-order valence-corrected chi connectivity index (χ1v) is 10.3. The molecule has 0 saturated carbocycles. The fourth-order valence-corrected chi connectivity index (χ4v) is 4.52. The minimum absolute atomic E-state index is 0.00862. The molecule has 2 aliphatic rings. The van der Waals surface area contributed by atoms with E-state index in [-0.39, 0.29) is 17.6 Å². The van der Waals surface area contributed by atoms with Crippen LogP contribution in [0.15, 0.2) is 54.6 Å². The van der Waals surface area contributed by atoms with Crippen molar-refractivity contribution in [3.8, 4) is 5.75 Å². The number of para-hydroxylation sites is 1. The van der Waals surface area contributed by atoms with E-state index < -0.39 is 0 Å². The van der Waals surface area contributed by atoms with Crippen LogP contribution in [0.3, 0.4) is 0 Å². The number of hydrogen-bond donors (Lipinski definition) is 1. The maximum Gasteiger partial charge on any atom is 0.234 e. The molecular weight excluding hydrogens is 348 g/mol. The predicted molar refractivity (Wildman–Crippen MR) is 112 cm³/mol. The van der Waals surface area contributed by atoms with Crippen LogP contribution in [-0.4, -0.2) is 36.0 Å². The molecule has 4 heteroatoms. The number of carbonyl (C=O) groups excluding carboxylic acids is 1. The molecule has 2 aliphatic heterocycles. The molecule has 1 atom stereocenters. The third-order valence-electron chi connectivity index (χ3n) is 5.94. The van der Waals surface area contributed by atoms with Crippen LogP contribution in [0.5, 0.6) is 5.75 Å². The lowest BCUT2D eigenvalue weighted by molar-refractivity contribution is -0.123. The molecule has 1 fully saturated rings. The van der Waals surface area contributed by atoms with E-state index in [0.29, 0.717) is 12.5 Å². The van der Waals surface area contributed by atoms with Crippen LogP contribution < -0.4 is 10.1 Å². The number of piperidine rings is 1. The average Bonchev–Trinajstić information content (AvgIpc) is 2.68. The summed E-state index contributed by atoms with van der Waals surface area (Å²) in [7, 11) is 0. The van der Waals surface area contributed by atoms with Crippen molar-refractivity contribution < 1.29 is 9.53 Å². The Morgan fingerprint density at radius 3 is 2.50 bits per heavy atom. The number of nitrogens with one attached hydrogen (secondary N) is 1. The standard InChI is InChI=1S/C24H30N2O2/c1-24(2)16-21(20-10-6-7-11-22(20)28-24)25-23(27)17-26-14-12-19(13-15-26)18-8-4-3-5-9-18/h3-11,19,21H,12-17H2,1-2H3,(H,25,27)/t21-/m1/s1. The molecule has 2 heterocycles. The number of carbonyl (C=O) groups is 1. The van der Waals surface area contributed by atoms with Gasteiger partial charge in [0.25, 0.3) is 0 Å². The maximum absolute atomic E-state index is 12.8. The zero-order chi connectivity index (χ0) is 19.6. The summed E-state index contributed by atoms with van der Waals surface area (Å²) in [6, 6.07) is 18.8. The SMILES string of the molecule is CC1(C)C[C@@H](NC(=O)CN2CCC(c3ccccc3)CC2)c2ccccc2O1. The number of rotatable bonds is 4. The highest BCUT2D eigenvalue weighted by atomic mass is 16.5. The minimum atomic E-state index is -0.277. The molecule has 4 rings (SSSR count). The summed E-state index contributed by atoms with van der Waals surface area (Å²) >= 11 is 0. The lowest BCUT2D eigenvalue weighted by atomic mass is 9.89. The van der Waals surface area contributed by atoms with Crippen LogP contribution in [0.2, 0.25) is 0 Å². The van der Waals surface area contributed by atoms with E-state index in [9.17, 15) is 4.79 Å². The Morgan fingerprint density at radius 1 is 1.07 bits per heavy atom. The largest absolute Gasteiger partial charge is 0.487 e. The molecule has 1 saturated heterocycles. The fraction of sp³-hybridized carbons (Fsp3) is 0.458. The molecule has 2 aromatic rings. The van der Waals surface area contributed by atoms with E-state index in [2.05, 4.69) is 60.5 Å². The second-order valence-corrected chi connectivity index (χ2v) is 8.68. The first-order chi connectivity index (χ1) is 13.5. The summed E-state index contributed by atoms with van der Waals surface area (Å²) in [6.07, 6.45) is 3.01. The van der Waals surface area contributed by atoms with Gasteiger partial charge in [0.15, 0.2) is 0 Å². The highest BCUT2D eigenvalue weighted by Crippen LogP contribution is 2.39. The smallest absolute Gasteiger partial charge is 0.234 e. The number of fused-ring (bicyclic) bond motifs is 1. The number of hydrogen-bond acceptors (Lipinski definition) is 3. The van der Waals surface area contributed by atoms with Crippen molar-refractivity contribution in [3.63, 3.8) is 0 Å². The number of amides is 1. The van der Waals surface area contributed by atoms with E-state index in [1.54, 1.807) is 0 Å². The molecule has 0 unspecified atom stereocenters. The van der Waals surface area contributed by atoms with Gasteiger partial charge in [0, 0.05) is 12.0 Å². The lowest BCUT2D eigenvalue weighted by Crippen LogP contribution is -2.45. The van der Waals surface area contributed by atoms with Gasteiger partial charge in [0.05, 0.1) is 12.6 Å². The summed E-state index contributed by atoms with van der Waals surface area (Å²) < 4.78 is 6.07. The summed E-state index contributed by atoms with van der Waals surface area (Å²) in [5, 5.41) is 3.26. The molecule has 4 nitrogen and oxygen atoms in total. The Balaban J connectivity index is 1.33. The highest BCUT2D eigenvalue weighted by molar-refractivity contribution is 5.78. The van der Waals surface area contributed by atoms with Crippen LogP contribution >= 0.6 is 0 Å². The summed E-state index contributed by atoms with van der Waals surface area (Å²) in [4.78, 5) is 15.0. The molecule has 0 aromatic heterocycles. The molecule has 1 amide bonds. The molecule has 0 spiro atoms. The number of benzene rings is 2. The van der Waals surface area contributed by atoms with E-state index in [0.717, 1.165) is 43.7 Å². The van der Waals surface area contributed by atoms with Crippen LogP contribution in [0.25, 0.3) is 0 Å². The first-order valence-electron chi connectivity index (χ1n) is 10.3. The second kappa shape index (κ2) is 7.96. The van der Waals surface area contributed by atoms with Crippen LogP contribution in [0, 0.1) is 0 Å². The van der Waals surface area contributed by atoms with Gasteiger partial charge in [-0.05, 0) is 57.3 Å². The Hall–Kier alpha value is -2.33. The van der Waals surface area contributed by atoms with Gasteiger partial charge in [-0.15, -0.1) is 0 Å². The van der Waals surface area contributed by atoms with Crippen LogP contribution in [0.4, 0.5) is 0 Å². The van der Waals surface area contributed by atoms with E-state index in [1.807, 2.05) is 18.2 Å². The van der Waals surface area contributed by atoms with Crippen molar-refractivity contribution >= 4 is 5.91 Å². The number of ether oxygens (including phenoxy) is 1. The zero-order valence-electron chi connectivity index (χ0n) is 16.9. The molecular formula is C24H30N2O2. The van der Waals surface area contributed by atoms with Gasteiger partial charge in [0.2, 0.25) is 5.91 Å². The Bertz CT molecular complexity index is 810. The van der Waals surface area contributed by atoms with Crippen molar-refractivity contribution in [1.82, 2.24) is 10.2 Å². The van der Waals surface area contributed by atoms with Gasteiger partial charge >= 0.3 is 0 Å². The fourth-order valence-electron chi connectivity index (χ4n) is 4.52. The van der Waals surface area contributed by atoms with Gasteiger partial charge in [-0.25, -0.2) is 0 Å². The minimum Gasteiger partial charge on any atom is -0.487 e. The van der Waals surface area contributed by atoms with Gasteiger partial charge < -0.3 is 10.1 Å². The van der Waals surface area contributed by atoms with Crippen LogP contribution in [-0.2, 0) is 4.79 Å². The summed E-state index contributed by atoms with van der Waals surface area (Å²) in [5.41, 5.74) is 2.23. The number of nitrogens with zero attached hydrogens (tertiary/aromatic N) is 1. The van der Waals surface area contributed by atoms with Crippen molar-refractivity contribution in [1.29, 1.82) is 0 Å². The average molecular weight is 379 g/mol. The zero-order valence-corrected chi connectivity index (χ0v) is 16.9. The molecule has 2 aromatic carbocycles. The molecule has 0 bridgehead atoms. The summed E-state index contributed by atoms with van der Waals surface area (Å²) in [5.74, 6) is 1.60. The highest BCUT2D eigenvalue weighted by Gasteiger charge is 2.34. The third kappa shape index (κ3) is 4.39. The first kappa shape index (κ1) is 19.0. The van der Waals surface area contributed by atoms with E-state index in [1.165, 1.54) is 5.56 Å². The predicted octanol–water partition coefficient (Wildman–Crippen LogP) is 4.28. The Kier molecular flexibility index (Phi) is 5.40. The van der Waals surface area contributed by atoms with Crippen LogP contribution in [0.1, 0.15) is 56.2 Å². The van der Waals surface area contributed by atoms with Gasteiger partial charge in [-0.3, -0.25) is 9.69 Å². The van der Waals surface area contributed by atoms with Crippen molar-refractivity contribution in [2.75, 3.05) is 19.6 Å².